The number of halogens is 1. The molecule has 1 aliphatic heterocycles. The van der Waals surface area contributed by atoms with E-state index in [1.165, 1.54) is 6.07 Å². The molecule has 1 atom stereocenters. The zero-order chi connectivity index (χ0) is 18.0. The Bertz CT molecular complexity index is 804. The van der Waals surface area contributed by atoms with Gasteiger partial charge in [0.15, 0.2) is 11.6 Å². The fourth-order valence-corrected chi connectivity index (χ4v) is 3.13. The summed E-state index contributed by atoms with van der Waals surface area (Å²) in [5, 5.41) is 18.3. The molecule has 0 aromatic heterocycles. The van der Waals surface area contributed by atoms with Crippen molar-refractivity contribution in [3.05, 3.63) is 65.0 Å². The van der Waals surface area contributed by atoms with Crippen LogP contribution in [0.15, 0.2) is 42.5 Å². The van der Waals surface area contributed by atoms with Crippen molar-refractivity contribution in [3.63, 3.8) is 0 Å². The highest BCUT2D eigenvalue weighted by Crippen LogP contribution is 2.24. The first-order valence-electron chi connectivity index (χ1n) is 8.04. The largest absolute Gasteiger partial charge is 0.505 e. The van der Waals surface area contributed by atoms with Gasteiger partial charge in [-0.25, -0.2) is 9.18 Å². The number of carboxylic acids is 1. The summed E-state index contributed by atoms with van der Waals surface area (Å²) in [6.07, 6.45) is 1.61. The van der Waals surface area contributed by atoms with Crippen molar-refractivity contribution in [2.45, 2.75) is 12.8 Å². The number of phenolic OH excluding ortho intramolecular Hbond substituents is 1. The molecule has 0 aliphatic carbocycles. The molecule has 0 spiro atoms. The first kappa shape index (κ1) is 17.0. The molecule has 6 heteroatoms. The number of carbonyl (C=O) groups excluding carboxylic acids is 1. The molecule has 2 N–H and O–H groups in total. The fourth-order valence-electron chi connectivity index (χ4n) is 3.13. The average molecular weight is 343 g/mol. The Kier molecular flexibility index (Phi) is 4.70. The van der Waals surface area contributed by atoms with E-state index in [1.54, 1.807) is 29.2 Å². The van der Waals surface area contributed by atoms with Crippen LogP contribution < -0.4 is 0 Å². The van der Waals surface area contributed by atoms with E-state index in [1.807, 2.05) is 0 Å². The zero-order valence-electron chi connectivity index (χ0n) is 13.5. The second-order valence-electron chi connectivity index (χ2n) is 6.28. The van der Waals surface area contributed by atoms with E-state index in [4.69, 9.17) is 5.11 Å². The van der Waals surface area contributed by atoms with E-state index in [9.17, 15) is 19.1 Å². The highest BCUT2D eigenvalue weighted by molar-refractivity contribution is 5.94. The topological polar surface area (TPSA) is 77.8 Å². The number of rotatable bonds is 4. The maximum atomic E-state index is 13.1. The van der Waals surface area contributed by atoms with Crippen LogP contribution in [0.4, 0.5) is 4.39 Å². The molecule has 1 unspecified atom stereocenters. The van der Waals surface area contributed by atoms with Crippen LogP contribution in [0.1, 0.15) is 32.7 Å². The number of amides is 1. The Hall–Kier alpha value is -2.89. The van der Waals surface area contributed by atoms with Crippen molar-refractivity contribution in [1.29, 1.82) is 0 Å². The van der Waals surface area contributed by atoms with Gasteiger partial charge in [0.1, 0.15) is 0 Å². The van der Waals surface area contributed by atoms with Crippen molar-refractivity contribution in [1.82, 2.24) is 4.90 Å². The lowest BCUT2D eigenvalue weighted by atomic mass is 9.98. The molecule has 3 rings (SSSR count). The summed E-state index contributed by atoms with van der Waals surface area (Å²) in [7, 11) is 0. The van der Waals surface area contributed by atoms with Gasteiger partial charge < -0.3 is 15.1 Å². The van der Waals surface area contributed by atoms with Crippen molar-refractivity contribution >= 4 is 11.9 Å². The van der Waals surface area contributed by atoms with Crippen LogP contribution in [-0.2, 0) is 6.42 Å². The van der Waals surface area contributed by atoms with Crippen LogP contribution >= 0.6 is 0 Å². The van der Waals surface area contributed by atoms with Gasteiger partial charge in [-0.3, -0.25) is 4.79 Å². The number of likely N-dealkylation sites (tertiary alicyclic amines) is 1. The van der Waals surface area contributed by atoms with Gasteiger partial charge in [0.2, 0.25) is 0 Å². The lowest BCUT2D eigenvalue weighted by molar-refractivity contribution is 0.0696. The Morgan fingerprint density at radius 3 is 2.44 bits per heavy atom. The molecule has 1 saturated heterocycles. The lowest BCUT2D eigenvalue weighted by Gasteiger charge is -2.17. The van der Waals surface area contributed by atoms with E-state index in [-0.39, 0.29) is 23.0 Å². The Morgan fingerprint density at radius 2 is 1.80 bits per heavy atom. The number of aromatic hydroxyl groups is 1. The molecule has 1 heterocycles. The standard InChI is InChI=1S/C19H18FNO4/c20-16-6-5-15(10-17(16)22)18(23)21-8-7-13(11-21)9-12-1-3-14(4-2-12)19(24)25/h1-6,10,13,22H,7-9,11H2,(H,24,25). The van der Waals surface area contributed by atoms with E-state index in [0.29, 0.717) is 13.1 Å². The van der Waals surface area contributed by atoms with Gasteiger partial charge in [0.25, 0.3) is 5.91 Å². The molecule has 130 valence electrons. The van der Waals surface area contributed by atoms with Gasteiger partial charge in [0, 0.05) is 18.7 Å². The predicted molar refractivity (Wildman–Crippen MR) is 89.2 cm³/mol. The Balaban J connectivity index is 1.62. The first-order valence-corrected chi connectivity index (χ1v) is 8.04. The second-order valence-corrected chi connectivity index (χ2v) is 6.28. The number of phenols is 1. The van der Waals surface area contributed by atoms with Gasteiger partial charge in [0.05, 0.1) is 5.56 Å². The third-order valence-corrected chi connectivity index (χ3v) is 4.49. The molecule has 0 radical (unpaired) electrons. The van der Waals surface area contributed by atoms with E-state index < -0.39 is 17.5 Å². The number of carbonyl (C=O) groups is 2. The quantitative estimate of drug-likeness (QED) is 0.895. The summed E-state index contributed by atoms with van der Waals surface area (Å²) in [6.45, 7) is 1.19. The highest BCUT2D eigenvalue weighted by Gasteiger charge is 2.27. The molecule has 25 heavy (non-hydrogen) atoms. The van der Waals surface area contributed by atoms with Crippen LogP contribution in [0.5, 0.6) is 5.75 Å². The third-order valence-electron chi connectivity index (χ3n) is 4.49. The molecule has 0 bridgehead atoms. The number of hydrogen-bond donors (Lipinski definition) is 2. The maximum Gasteiger partial charge on any atom is 0.335 e. The minimum atomic E-state index is -0.952. The van der Waals surface area contributed by atoms with Gasteiger partial charge >= 0.3 is 5.97 Å². The van der Waals surface area contributed by atoms with Crippen LogP contribution in [0.3, 0.4) is 0 Å². The number of benzene rings is 2. The first-order chi connectivity index (χ1) is 11.9. The van der Waals surface area contributed by atoms with E-state index >= 15 is 0 Å². The van der Waals surface area contributed by atoms with Gasteiger partial charge in [-0.1, -0.05) is 12.1 Å². The number of carboxylic acid groups (broad SMARTS) is 1. The SMILES string of the molecule is O=C(O)c1ccc(CC2CCN(C(=O)c3ccc(F)c(O)c3)C2)cc1. The summed E-state index contributed by atoms with van der Waals surface area (Å²) < 4.78 is 13.1. The Morgan fingerprint density at radius 1 is 1.12 bits per heavy atom. The number of hydrogen-bond acceptors (Lipinski definition) is 3. The molecule has 2 aromatic rings. The van der Waals surface area contributed by atoms with Crippen LogP contribution in [0.25, 0.3) is 0 Å². The summed E-state index contributed by atoms with van der Waals surface area (Å²) >= 11 is 0. The van der Waals surface area contributed by atoms with Crippen LogP contribution in [0.2, 0.25) is 0 Å². The van der Waals surface area contributed by atoms with Crippen molar-refractivity contribution in [2.24, 2.45) is 5.92 Å². The Labute approximate surface area is 144 Å². The molecule has 1 fully saturated rings. The predicted octanol–water partition coefficient (Wildman–Crippen LogP) is 2.93. The minimum Gasteiger partial charge on any atom is -0.505 e. The second kappa shape index (κ2) is 6.93. The maximum absolute atomic E-state index is 13.1. The highest BCUT2D eigenvalue weighted by atomic mass is 19.1. The van der Waals surface area contributed by atoms with Crippen molar-refractivity contribution in [3.8, 4) is 5.75 Å². The fraction of sp³-hybridized carbons (Fsp3) is 0.263. The monoisotopic (exact) mass is 343 g/mol. The normalized spacial score (nSPS) is 16.8. The lowest BCUT2D eigenvalue weighted by Crippen LogP contribution is -2.28. The van der Waals surface area contributed by atoms with Gasteiger partial charge in [-0.15, -0.1) is 0 Å². The molecular formula is C19H18FNO4. The zero-order valence-corrected chi connectivity index (χ0v) is 13.5. The minimum absolute atomic E-state index is 0.223. The van der Waals surface area contributed by atoms with Crippen molar-refractivity contribution < 1.29 is 24.2 Å². The van der Waals surface area contributed by atoms with Crippen LogP contribution in [-0.4, -0.2) is 40.1 Å². The summed E-state index contributed by atoms with van der Waals surface area (Å²) in [5.74, 6) is -2.17. The summed E-state index contributed by atoms with van der Waals surface area (Å²) in [5.41, 5.74) is 1.55. The number of aromatic carboxylic acids is 1. The molecule has 2 aromatic carbocycles. The number of nitrogens with zero attached hydrogens (tertiary/aromatic N) is 1. The molecular weight excluding hydrogens is 325 g/mol. The third kappa shape index (κ3) is 3.79. The van der Waals surface area contributed by atoms with Crippen LogP contribution in [0, 0.1) is 11.7 Å². The molecule has 5 nitrogen and oxygen atoms in total. The average Bonchev–Trinajstić information content (AvgIpc) is 3.05. The van der Waals surface area contributed by atoms with E-state index in [0.717, 1.165) is 30.5 Å². The molecule has 0 saturated carbocycles. The smallest absolute Gasteiger partial charge is 0.335 e. The summed E-state index contributed by atoms with van der Waals surface area (Å²) in [6, 6.07) is 10.4. The summed E-state index contributed by atoms with van der Waals surface area (Å²) in [4.78, 5) is 25.0. The van der Waals surface area contributed by atoms with Gasteiger partial charge in [-0.2, -0.15) is 0 Å². The molecule has 1 aliphatic rings. The van der Waals surface area contributed by atoms with Crippen molar-refractivity contribution in [2.75, 3.05) is 13.1 Å². The molecule has 1 amide bonds. The van der Waals surface area contributed by atoms with Gasteiger partial charge in [-0.05, 0) is 54.7 Å². The van der Waals surface area contributed by atoms with E-state index in [2.05, 4.69) is 0 Å².